The number of carboxylic acid groups (broad SMARTS) is 1. The number of amides is 2. The molecule has 2 heterocycles. The normalized spacial score (nSPS) is 17.1. The SMILES string of the molecule is O=C(Nc1cccc(C(=O)N2CCCC[C@H]2C(=O)O)c1)c1ccon1. The number of carbonyl (C=O) groups is 3. The maximum atomic E-state index is 12.7. The molecule has 2 amide bonds. The lowest BCUT2D eigenvalue weighted by atomic mass is 10.0. The minimum absolute atomic E-state index is 0.124. The number of nitrogens with zero attached hydrogens (tertiary/aromatic N) is 2. The first-order valence-electron chi connectivity index (χ1n) is 7.92. The number of aromatic nitrogens is 1. The molecule has 25 heavy (non-hydrogen) atoms. The summed E-state index contributed by atoms with van der Waals surface area (Å²) in [5, 5.41) is 15.5. The minimum atomic E-state index is -0.997. The van der Waals surface area contributed by atoms with Crippen molar-refractivity contribution in [2.75, 3.05) is 11.9 Å². The molecule has 0 spiro atoms. The maximum absolute atomic E-state index is 12.7. The zero-order valence-electron chi connectivity index (χ0n) is 13.3. The Morgan fingerprint density at radius 2 is 2.08 bits per heavy atom. The van der Waals surface area contributed by atoms with Crippen molar-refractivity contribution in [1.82, 2.24) is 10.1 Å². The molecule has 3 rings (SSSR count). The second kappa shape index (κ2) is 7.16. The summed E-state index contributed by atoms with van der Waals surface area (Å²) in [6.07, 6.45) is 3.30. The van der Waals surface area contributed by atoms with E-state index in [0.717, 1.165) is 12.8 Å². The van der Waals surface area contributed by atoms with Gasteiger partial charge in [0, 0.05) is 23.9 Å². The van der Waals surface area contributed by atoms with Gasteiger partial charge in [0.15, 0.2) is 5.69 Å². The molecular formula is C17H17N3O5. The molecule has 0 saturated carbocycles. The van der Waals surface area contributed by atoms with Crippen LogP contribution in [0.3, 0.4) is 0 Å². The molecule has 1 aliphatic rings. The van der Waals surface area contributed by atoms with E-state index in [-0.39, 0.29) is 11.6 Å². The Balaban J connectivity index is 1.77. The first-order valence-corrected chi connectivity index (χ1v) is 7.92. The lowest BCUT2D eigenvalue weighted by Crippen LogP contribution is -2.48. The maximum Gasteiger partial charge on any atom is 0.326 e. The Hall–Kier alpha value is -3.16. The first kappa shape index (κ1) is 16.7. The fourth-order valence-electron chi connectivity index (χ4n) is 2.85. The van der Waals surface area contributed by atoms with Crippen LogP contribution in [0.2, 0.25) is 0 Å². The quantitative estimate of drug-likeness (QED) is 0.878. The summed E-state index contributed by atoms with van der Waals surface area (Å²) >= 11 is 0. The highest BCUT2D eigenvalue weighted by Crippen LogP contribution is 2.21. The van der Waals surface area contributed by atoms with Crippen LogP contribution in [0.15, 0.2) is 41.1 Å². The molecule has 2 N–H and O–H groups in total. The average Bonchev–Trinajstić information content (AvgIpc) is 3.16. The number of benzene rings is 1. The molecule has 130 valence electrons. The van der Waals surface area contributed by atoms with Crippen LogP contribution < -0.4 is 5.32 Å². The molecule has 0 radical (unpaired) electrons. The molecule has 1 saturated heterocycles. The lowest BCUT2D eigenvalue weighted by molar-refractivity contribution is -0.143. The van der Waals surface area contributed by atoms with E-state index in [4.69, 9.17) is 0 Å². The minimum Gasteiger partial charge on any atom is -0.480 e. The number of piperidine rings is 1. The number of rotatable bonds is 4. The van der Waals surface area contributed by atoms with Gasteiger partial charge in [-0.05, 0) is 37.5 Å². The standard InChI is InChI=1S/C17H17N3O5/c21-15(13-7-9-25-19-13)18-12-5-3-4-11(10-12)16(22)20-8-2-1-6-14(20)17(23)24/h3-5,7,9-10,14H,1-2,6,8H2,(H,18,21)(H,23,24)/t14-/m0/s1. The van der Waals surface area contributed by atoms with Crippen LogP contribution in [-0.2, 0) is 4.79 Å². The number of likely N-dealkylation sites (tertiary alicyclic amines) is 1. The molecule has 0 aliphatic carbocycles. The molecule has 1 aromatic carbocycles. The highest BCUT2D eigenvalue weighted by Gasteiger charge is 2.32. The largest absolute Gasteiger partial charge is 0.480 e. The second-order valence-electron chi connectivity index (χ2n) is 5.77. The number of aliphatic carboxylic acids is 1. The van der Waals surface area contributed by atoms with Crippen molar-refractivity contribution in [2.24, 2.45) is 0 Å². The molecule has 1 atom stereocenters. The summed E-state index contributed by atoms with van der Waals surface area (Å²) in [4.78, 5) is 37.5. The van der Waals surface area contributed by atoms with E-state index >= 15 is 0 Å². The number of hydrogen-bond donors (Lipinski definition) is 2. The van der Waals surface area contributed by atoms with Gasteiger partial charge >= 0.3 is 5.97 Å². The number of hydrogen-bond acceptors (Lipinski definition) is 5. The summed E-state index contributed by atoms with van der Waals surface area (Å²) in [5.74, 6) is -1.81. The van der Waals surface area contributed by atoms with Gasteiger partial charge in [-0.25, -0.2) is 4.79 Å². The van der Waals surface area contributed by atoms with Gasteiger partial charge in [-0.2, -0.15) is 0 Å². The van der Waals surface area contributed by atoms with Crippen LogP contribution in [0.4, 0.5) is 5.69 Å². The van der Waals surface area contributed by atoms with Crippen molar-refractivity contribution in [3.63, 3.8) is 0 Å². The number of carboxylic acids is 1. The monoisotopic (exact) mass is 343 g/mol. The summed E-state index contributed by atoms with van der Waals surface area (Å²) in [5.41, 5.74) is 0.868. The van der Waals surface area contributed by atoms with Gasteiger partial charge in [0.1, 0.15) is 12.3 Å². The van der Waals surface area contributed by atoms with Crippen LogP contribution >= 0.6 is 0 Å². The predicted octanol–water partition coefficient (Wildman–Crippen LogP) is 2.01. The van der Waals surface area contributed by atoms with E-state index < -0.39 is 17.9 Å². The van der Waals surface area contributed by atoms with Gasteiger partial charge in [0.05, 0.1) is 0 Å². The lowest BCUT2D eigenvalue weighted by Gasteiger charge is -2.33. The van der Waals surface area contributed by atoms with Crippen molar-refractivity contribution in [2.45, 2.75) is 25.3 Å². The molecule has 8 heteroatoms. The van der Waals surface area contributed by atoms with Gasteiger partial charge in [-0.15, -0.1) is 0 Å². The summed E-state index contributed by atoms with van der Waals surface area (Å²) in [6, 6.07) is 7.00. The summed E-state index contributed by atoms with van der Waals surface area (Å²) in [6.45, 7) is 0.408. The molecule has 1 fully saturated rings. The topological polar surface area (TPSA) is 113 Å². The van der Waals surface area contributed by atoms with Gasteiger partial charge in [-0.3, -0.25) is 9.59 Å². The van der Waals surface area contributed by atoms with E-state index in [1.54, 1.807) is 18.2 Å². The van der Waals surface area contributed by atoms with Crippen molar-refractivity contribution in [3.05, 3.63) is 47.9 Å². The Morgan fingerprint density at radius 1 is 1.24 bits per heavy atom. The van der Waals surface area contributed by atoms with Gasteiger partial charge in [0.2, 0.25) is 0 Å². The smallest absolute Gasteiger partial charge is 0.326 e. The van der Waals surface area contributed by atoms with Crippen LogP contribution in [-0.4, -0.2) is 45.5 Å². The van der Waals surface area contributed by atoms with Crippen LogP contribution in [0, 0.1) is 0 Å². The second-order valence-corrected chi connectivity index (χ2v) is 5.77. The Kier molecular flexibility index (Phi) is 4.78. The highest BCUT2D eigenvalue weighted by molar-refractivity contribution is 6.04. The summed E-state index contributed by atoms with van der Waals surface area (Å²) < 4.78 is 4.62. The molecule has 1 aromatic heterocycles. The number of anilines is 1. The van der Waals surface area contributed by atoms with Crippen molar-refractivity contribution in [3.8, 4) is 0 Å². The molecule has 8 nitrogen and oxygen atoms in total. The van der Waals surface area contributed by atoms with Gasteiger partial charge in [-0.1, -0.05) is 11.2 Å². The van der Waals surface area contributed by atoms with Crippen molar-refractivity contribution >= 4 is 23.5 Å². The molecular weight excluding hydrogens is 326 g/mol. The third kappa shape index (κ3) is 3.68. The average molecular weight is 343 g/mol. The van der Waals surface area contributed by atoms with Crippen LogP contribution in [0.1, 0.15) is 40.1 Å². The number of carbonyl (C=O) groups excluding carboxylic acids is 2. The highest BCUT2D eigenvalue weighted by atomic mass is 16.5. The van der Waals surface area contributed by atoms with Crippen LogP contribution in [0.25, 0.3) is 0 Å². The molecule has 2 aromatic rings. The summed E-state index contributed by atoms with van der Waals surface area (Å²) in [7, 11) is 0. The van der Waals surface area contributed by atoms with E-state index in [2.05, 4.69) is 15.0 Å². The molecule has 0 unspecified atom stereocenters. The van der Waals surface area contributed by atoms with E-state index in [1.165, 1.54) is 23.3 Å². The van der Waals surface area contributed by atoms with Gasteiger partial charge in [0.25, 0.3) is 11.8 Å². The Morgan fingerprint density at radius 3 is 2.80 bits per heavy atom. The predicted molar refractivity (Wildman–Crippen MR) is 87.2 cm³/mol. The fraction of sp³-hybridized carbons (Fsp3) is 0.294. The third-order valence-electron chi connectivity index (χ3n) is 4.09. The van der Waals surface area contributed by atoms with E-state index in [1.807, 2.05) is 0 Å². The fourth-order valence-corrected chi connectivity index (χ4v) is 2.85. The third-order valence-corrected chi connectivity index (χ3v) is 4.09. The van der Waals surface area contributed by atoms with Gasteiger partial charge < -0.3 is 19.8 Å². The molecule has 1 aliphatic heterocycles. The zero-order chi connectivity index (χ0) is 17.8. The van der Waals surface area contributed by atoms with Crippen LogP contribution in [0.5, 0.6) is 0 Å². The van der Waals surface area contributed by atoms with Crippen molar-refractivity contribution in [1.29, 1.82) is 0 Å². The van der Waals surface area contributed by atoms with Crippen molar-refractivity contribution < 1.29 is 24.0 Å². The first-order chi connectivity index (χ1) is 12.1. The van der Waals surface area contributed by atoms with E-state index in [0.29, 0.717) is 24.2 Å². The zero-order valence-corrected chi connectivity index (χ0v) is 13.3. The Bertz CT molecular complexity index is 787. The Labute approximate surface area is 143 Å². The van der Waals surface area contributed by atoms with E-state index in [9.17, 15) is 19.5 Å². The number of nitrogens with one attached hydrogen (secondary N) is 1. The molecule has 0 bridgehead atoms.